The van der Waals surface area contributed by atoms with E-state index in [1.807, 2.05) is 29.1 Å². The smallest absolute Gasteiger partial charge is 0.0677 e. The molecule has 0 atom stereocenters. The van der Waals surface area contributed by atoms with Gasteiger partial charge >= 0.3 is 0 Å². The van der Waals surface area contributed by atoms with Crippen LogP contribution in [0, 0.1) is 0 Å². The van der Waals surface area contributed by atoms with Crippen LogP contribution in [-0.2, 0) is 6.42 Å². The summed E-state index contributed by atoms with van der Waals surface area (Å²) in [5.74, 6) is 0.859. The molecule has 0 radical (unpaired) electrons. The van der Waals surface area contributed by atoms with E-state index in [4.69, 9.17) is 0 Å². The van der Waals surface area contributed by atoms with E-state index in [-0.39, 0.29) is 0 Å². The van der Waals surface area contributed by atoms with Gasteiger partial charge in [0.05, 0.1) is 5.69 Å². The third kappa shape index (κ3) is 1.82. The van der Waals surface area contributed by atoms with Gasteiger partial charge in [-0.3, -0.25) is 0 Å². The van der Waals surface area contributed by atoms with E-state index in [9.17, 15) is 0 Å². The van der Waals surface area contributed by atoms with E-state index in [1.165, 1.54) is 5.56 Å². The first-order chi connectivity index (χ1) is 6.92. The first kappa shape index (κ1) is 9.34. The Hall–Kier alpha value is -1.22. The van der Waals surface area contributed by atoms with Gasteiger partial charge in [-0.05, 0) is 29.9 Å². The molecule has 2 rings (SSSR count). The van der Waals surface area contributed by atoms with Crippen LogP contribution < -0.4 is 0 Å². The van der Waals surface area contributed by atoms with E-state index in [1.54, 1.807) is 6.20 Å². The topological polar surface area (TPSA) is 17.8 Å². The normalized spacial score (nSPS) is 10.4. The Kier molecular flexibility index (Phi) is 2.89. The highest BCUT2D eigenvalue weighted by atomic mass is 32.1. The van der Waals surface area contributed by atoms with Crippen LogP contribution in [0.5, 0.6) is 0 Å². The van der Waals surface area contributed by atoms with Crippen molar-refractivity contribution < 1.29 is 0 Å². The van der Waals surface area contributed by atoms with Crippen molar-refractivity contribution in [2.24, 2.45) is 0 Å². The van der Waals surface area contributed by atoms with Crippen LogP contribution in [0.2, 0.25) is 0 Å². The quantitative estimate of drug-likeness (QED) is 0.760. The lowest BCUT2D eigenvalue weighted by Crippen LogP contribution is -2.00. The zero-order valence-electron chi connectivity index (χ0n) is 7.80. The molecule has 0 aliphatic heterocycles. The molecule has 0 aliphatic carbocycles. The van der Waals surface area contributed by atoms with Crippen LogP contribution in [0.15, 0.2) is 42.7 Å². The predicted octanol–water partition coefficient (Wildman–Crippen LogP) is 2.34. The summed E-state index contributed by atoms with van der Waals surface area (Å²) >= 11 is 4.25. The van der Waals surface area contributed by atoms with Crippen molar-refractivity contribution in [1.82, 2.24) is 9.78 Å². The van der Waals surface area contributed by atoms with E-state index in [0.717, 1.165) is 17.9 Å². The lowest BCUT2D eigenvalue weighted by Gasteiger charge is -2.07. The van der Waals surface area contributed by atoms with Gasteiger partial charge in [-0.15, -0.1) is 0 Å². The molecule has 0 saturated heterocycles. The van der Waals surface area contributed by atoms with Gasteiger partial charge in [-0.1, -0.05) is 18.2 Å². The molecule has 2 nitrogen and oxygen atoms in total. The predicted molar refractivity (Wildman–Crippen MR) is 61.1 cm³/mol. The Bertz CT molecular complexity index is 395. The van der Waals surface area contributed by atoms with Crippen LogP contribution in [0.1, 0.15) is 5.56 Å². The van der Waals surface area contributed by atoms with Gasteiger partial charge in [-0.2, -0.15) is 17.7 Å². The third-order valence-electron chi connectivity index (χ3n) is 2.12. The fourth-order valence-corrected chi connectivity index (χ4v) is 1.72. The van der Waals surface area contributed by atoms with Crippen molar-refractivity contribution in [3.8, 4) is 5.69 Å². The van der Waals surface area contributed by atoms with Crippen molar-refractivity contribution in [3.05, 3.63) is 48.3 Å². The minimum absolute atomic E-state index is 0.859. The average molecular weight is 204 g/mol. The molecule has 0 aliphatic rings. The average Bonchev–Trinajstić information content (AvgIpc) is 2.72. The summed E-state index contributed by atoms with van der Waals surface area (Å²) in [4.78, 5) is 0. The maximum Gasteiger partial charge on any atom is 0.0677 e. The summed E-state index contributed by atoms with van der Waals surface area (Å²) in [6.07, 6.45) is 4.72. The number of rotatable bonds is 3. The van der Waals surface area contributed by atoms with Gasteiger partial charge in [-0.25, -0.2) is 4.68 Å². The lowest BCUT2D eigenvalue weighted by molar-refractivity contribution is 0.864. The molecule has 0 fully saturated rings. The molecule has 14 heavy (non-hydrogen) atoms. The molecule has 2 aromatic rings. The summed E-state index contributed by atoms with van der Waals surface area (Å²) in [7, 11) is 0. The number of aromatic nitrogens is 2. The molecule has 0 N–H and O–H groups in total. The minimum Gasteiger partial charge on any atom is -0.241 e. The highest BCUT2D eigenvalue weighted by Gasteiger charge is 2.02. The fraction of sp³-hybridized carbons (Fsp3) is 0.182. The Morgan fingerprint density at radius 1 is 1.21 bits per heavy atom. The molecule has 1 aromatic heterocycles. The van der Waals surface area contributed by atoms with Crippen LogP contribution in [0.25, 0.3) is 5.69 Å². The molecule has 1 aromatic carbocycles. The summed E-state index contributed by atoms with van der Waals surface area (Å²) in [5.41, 5.74) is 2.43. The third-order valence-corrected chi connectivity index (χ3v) is 2.35. The van der Waals surface area contributed by atoms with Gasteiger partial charge < -0.3 is 0 Å². The van der Waals surface area contributed by atoms with Crippen molar-refractivity contribution in [2.45, 2.75) is 6.42 Å². The van der Waals surface area contributed by atoms with Gasteiger partial charge in [0, 0.05) is 12.4 Å². The standard InChI is InChI=1S/C11H12N2S/c14-9-6-10-4-1-2-5-11(10)13-8-3-7-12-13/h1-5,7-8,14H,6,9H2. The number of aryl methyl sites for hydroxylation is 1. The first-order valence-electron chi connectivity index (χ1n) is 4.60. The van der Waals surface area contributed by atoms with Crippen LogP contribution in [-0.4, -0.2) is 15.5 Å². The van der Waals surface area contributed by atoms with E-state index >= 15 is 0 Å². The minimum atomic E-state index is 0.859. The van der Waals surface area contributed by atoms with Gasteiger partial charge in [0.2, 0.25) is 0 Å². The molecule has 0 saturated carbocycles. The van der Waals surface area contributed by atoms with Crippen molar-refractivity contribution in [2.75, 3.05) is 5.75 Å². The zero-order chi connectivity index (χ0) is 9.80. The summed E-state index contributed by atoms with van der Waals surface area (Å²) in [5, 5.41) is 4.22. The SMILES string of the molecule is SCCc1ccccc1-n1cccn1. The Balaban J connectivity index is 2.42. The molecular weight excluding hydrogens is 192 g/mol. The van der Waals surface area contributed by atoms with Crippen LogP contribution >= 0.6 is 12.6 Å². The Morgan fingerprint density at radius 2 is 2.07 bits per heavy atom. The number of thiol groups is 1. The number of hydrogen-bond acceptors (Lipinski definition) is 2. The largest absolute Gasteiger partial charge is 0.241 e. The molecule has 72 valence electrons. The number of nitrogens with zero attached hydrogens (tertiary/aromatic N) is 2. The van der Waals surface area contributed by atoms with Gasteiger partial charge in [0.25, 0.3) is 0 Å². The summed E-state index contributed by atoms with van der Waals surface area (Å²) in [6.45, 7) is 0. The second-order valence-corrected chi connectivity index (χ2v) is 3.50. The van der Waals surface area contributed by atoms with Gasteiger partial charge in [0.1, 0.15) is 0 Å². The number of benzene rings is 1. The maximum atomic E-state index is 4.25. The molecule has 1 heterocycles. The molecular formula is C11H12N2S. The van der Waals surface area contributed by atoms with Crippen molar-refractivity contribution in [1.29, 1.82) is 0 Å². The maximum absolute atomic E-state index is 4.25. The first-order valence-corrected chi connectivity index (χ1v) is 5.24. The zero-order valence-corrected chi connectivity index (χ0v) is 8.69. The molecule has 0 amide bonds. The Morgan fingerprint density at radius 3 is 2.79 bits per heavy atom. The lowest BCUT2D eigenvalue weighted by atomic mass is 10.1. The summed E-state index contributed by atoms with van der Waals surface area (Å²) < 4.78 is 1.89. The number of hydrogen-bond donors (Lipinski definition) is 1. The highest BCUT2D eigenvalue weighted by molar-refractivity contribution is 7.80. The van der Waals surface area contributed by atoms with Crippen molar-refractivity contribution >= 4 is 12.6 Å². The number of para-hydroxylation sites is 1. The Labute approximate surface area is 89.0 Å². The van der Waals surface area contributed by atoms with E-state index in [2.05, 4.69) is 29.9 Å². The second kappa shape index (κ2) is 4.33. The van der Waals surface area contributed by atoms with E-state index < -0.39 is 0 Å². The monoisotopic (exact) mass is 204 g/mol. The van der Waals surface area contributed by atoms with Crippen molar-refractivity contribution in [3.63, 3.8) is 0 Å². The fourth-order valence-electron chi connectivity index (χ4n) is 1.48. The molecule has 0 spiro atoms. The van der Waals surface area contributed by atoms with Gasteiger partial charge in [0.15, 0.2) is 0 Å². The molecule has 0 bridgehead atoms. The van der Waals surface area contributed by atoms with Crippen LogP contribution in [0.4, 0.5) is 0 Å². The molecule has 0 unspecified atom stereocenters. The highest BCUT2D eigenvalue weighted by Crippen LogP contribution is 2.14. The molecule has 3 heteroatoms. The summed E-state index contributed by atoms with van der Waals surface area (Å²) in [6, 6.07) is 10.2. The second-order valence-electron chi connectivity index (χ2n) is 3.05. The van der Waals surface area contributed by atoms with E-state index in [0.29, 0.717) is 0 Å². The van der Waals surface area contributed by atoms with Crippen LogP contribution in [0.3, 0.4) is 0 Å².